The van der Waals surface area contributed by atoms with Gasteiger partial charge in [-0.05, 0) is 49.9 Å². The maximum Gasteiger partial charge on any atom is 0.266 e. The molecular formula is C25H31N3O2. The van der Waals surface area contributed by atoms with E-state index in [1.54, 1.807) is 22.6 Å². The minimum Gasteiger partial charge on any atom is -0.336 e. The number of carbonyl (C=O) groups is 1. The average Bonchev–Trinajstić information content (AvgIpc) is 2.66. The van der Waals surface area contributed by atoms with E-state index in [0.29, 0.717) is 23.1 Å². The van der Waals surface area contributed by atoms with Crippen LogP contribution in [0.1, 0.15) is 57.1 Å². The van der Waals surface area contributed by atoms with E-state index in [9.17, 15) is 9.59 Å². The van der Waals surface area contributed by atoms with Crippen LogP contribution >= 0.6 is 0 Å². The Hall–Kier alpha value is -2.95. The molecule has 0 radical (unpaired) electrons. The zero-order chi connectivity index (χ0) is 22.2. The Balaban J connectivity index is 2.22. The summed E-state index contributed by atoms with van der Waals surface area (Å²) in [7, 11) is 1.78. The van der Waals surface area contributed by atoms with Crippen molar-refractivity contribution in [3.63, 3.8) is 0 Å². The van der Waals surface area contributed by atoms with Crippen LogP contribution in [0.2, 0.25) is 0 Å². The molecular weight excluding hydrogens is 374 g/mol. The van der Waals surface area contributed by atoms with Crippen molar-refractivity contribution in [1.29, 1.82) is 0 Å². The van der Waals surface area contributed by atoms with Crippen molar-refractivity contribution in [1.82, 2.24) is 14.5 Å². The van der Waals surface area contributed by atoms with Crippen LogP contribution in [0.25, 0.3) is 16.6 Å². The smallest absolute Gasteiger partial charge is 0.266 e. The van der Waals surface area contributed by atoms with E-state index in [4.69, 9.17) is 4.98 Å². The van der Waals surface area contributed by atoms with Crippen LogP contribution in [-0.4, -0.2) is 27.4 Å². The number of fused-ring (bicyclic) bond motifs is 1. The first kappa shape index (κ1) is 21.8. The number of benzene rings is 2. The molecule has 3 rings (SSSR count). The zero-order valence-electron chi connectivity index (χ0n) is 19.0. The van der Waals surface area contributed by atoms with Gasteiger partial charge < -0.3 is 4.90 Å². The fraction of sp³-hybridized carbons (Fsp3) is 0.400. The maximum atomic E-state index is 13.5. The van der Waals surface area contributed by atoms with Crippen LogP contribution in [0.4, 0.5) is 0 Å². The van der Waals surface area contributed by atoms with E-state index in [-0.39, 0.29) is 22.9 Å². The number of hydrogen-bond donors (Lipinski definition) is 0. The summed E-state index contributed by atoms with van der Waals surface area (Å²) >= 11 is 0. The van der Waals surface area contributed by atoms with Crippen molar-refractivity contribution in [3.8, 4) is 5.69 Å². The predicted molar refractivity (Wildman–Crippen MR) is 122 cm³/mol. The van der Waals surface area contributed by atoms with Crippen LogP contribution in [0.5, 0.6) is 0 Å². The van der Waals surface area contributed by atoms with Crippen molar-refractivity contribution in [2.45, 2.75) is 54.0 Å². The highest BCUT2D eigenvalue weighted by Gasteiger charge is 2.27. The second-order valence-electron chi connectivity index (χ2n) is 9.34. The predicted octanol–water partition coefficient (Wildman–Crippen LogP) is 4.96. The van der Waals surface area contributed by atoms with Crippen molar-refractivity contribution in [2.24, 2.45) is 5.41 Å². The first-order chi connectivity index (χ1) is 14.0. The molecule has 5 heteroatoms. The third-order valence-corrected chi connectivity index (χ3v) is 5.42. The van der Waals surface area contributed by atoms with E-state index >= 15 is 0 Å². The van der Waals surface area contributed by atoms with Gasteiger partial charge in [-0.2, -0.15) is 0 Å². The fourth-order valence-corrected chi connectivity index (χ4v) is 3.69. The zero-order valence-corrected chi connectivity index (χ0v) is 19.0. The van der Waals surface area contributed by atoms with E-state index < -0.39 is 0 Å². The molecule has 1 amide bonds. The molecule has 0 fully saturated rings. The van der Waals surface area contributed by atoms with Crippen LogP contribution in [-0.2, 0) is 4.79 Å². The summed E-state index contributed by atoms with van der Waals surface area (Å²) in [6.07, 6.45) is 0.426. The minimum absolute atomic E-state index is 0.0320. The lowest BCUT2D eigenvalue weighted by atomic mass is 9.91. The topological polar surface area (TPSA) is 55.2 Å². The number of amides is 1. The Labute approximate surface area is 178 Å². The normalized spacial score (nSPS) is 12.8. The third kappa shape index (κ3) is 4.30. The van der Waals surface area contributed by atoms with Gasteiger partial charge in [-0.25, -0.2) is 4.98 Å². The highest BCUT2D eigenvalue weighted by atomic mass is 16.2. The molecule has 0 N–H and O–H groups in total. The number of rotatable bonds is 4. The lowest BCUT2D eigenvalue weighted by Gasteiger charge is -2.29. The van der Waals surface area contributed by atoms with E-state index in [0.717, 1.165) is 16.8 Å². The highest BCUT2D eigenvalue weighted by Crippen LogP contribution is 2.26. The summed E-state index contributed by atoms with van der Waals surface area (Å²) in [5.74, 6) is 0.597. The monoisotopic (exact) mass is 405 g/mol. The minimum atomic E-state index is -0.363. The molecule has 0 aliphatic rings. The molecule has 3 aromatic rings. The molecule has 1 atom stereocenters. The van der Waals surface area contributed by atoms with Gasteiger partial charge in [-0.1, -0.05) is 50.6 Å². The lowest BCUT2D eigenvalue weighted by molar-refractivity contribution is -0.133. The molecule has 0 bridgehead atoms. The van der Waals surface area contributed by atoms with Gasteiger partial charge in [0.2, 0.25) is 5.91 Å². The average molecular weight is 406 g/mol. The number of carbonyl (C=O) groups excluding carboxylic acids is 1. The second kappa shape index (κ2) is 8.05. The fourth-order valence-electron chi connectivity index (χ4n) is 3.69. The first-order valence-electron chi connectivity index (χ1n) is 10.3. The SMILES string of the molecule is Cc1ccc(-n2c(C(C)N(C)C(=O)CC(C)(C)C)nc3ccccc3c2=O)c(C)c1. The number of nitrogens with zero attached hydrogens (tertiary/aromatic N) is 3. The molecule has 0 saturated carbocycles. The summed E-state index contributed by atoms with van der Waals surface area (Å²) in [5.41, 5.74) is 3.32. The summed E-state index contributed by atoms with van der Waals surface area (Å²) < 4.78 is 1.67. The largest absolute Gasteiger partial charge is 0.336 e. The van der Waals surface area contributed by atoms with Gasteiger partial charge in [-0.15, -0.1) is 0 Å². The second-order valence-corrected chi connectivity index (χ2v) is 9.34. The standard InChI is InChI=1S/C25H31N3O2/c1-16-12-13-21(17(2)14-16)28-23(18(3)27(7)22(29)15-25(4,5)6)26-20-11-9-8-10-19(20)24(28)30/h8-14,18H,15H2,1-7H3. The van der Waals surface area contributed by atoms with Crippen molar-refractivity contribution in [3.05, 3.63) is 69.8 Å². The Morgan fingerprint density at radius 1 is 1.13 bits per heavy atom. The molecule has 0 saturated heterocycles. The van der Waals surface area contributed by atoms with E-state index in [1.807, 2.05) is 71.9 Å². The number of hydrogen-bond acceptors (Lipinski definition) is 3. The number of aromatic nitrogens is 2. The quantitative estimate of drug-likeness (QED) is 0.617. The van der Waals surface area contributed by atoms with Crippen molar-refractivity contribution in [2.75, 3.05) is 7.05 Å². The summed E-state index contributed by atoms with van der Waals surface area (Å²) in [6.45, 7) is 12.1. The molecule has 0 spiro atoms. The van der Waals surface area contributed by atoms with E-state index in [1.165, 1.54) is 0 Å². The Morgan fingerprint density at radius 2 is 1.80 bits per heavy atom. The maximum absolute atomic E-state index is 13.5. The molecule has 0 aliphatic heterocycles. The Kier molecular flexibility index (Phi) is 5.84. The summed E-state index contributed by atoms with van der Waals surface area (Å²) in [4.78, 5) is 33.0. The molecule has 1 heterocycles. The molecule has 5 nitrogen and oxygen atoms in total. The van der Waals surface area contributed by atoms with Gasteiger partial charge in [0.05, 0.1) is 22.6 Å². The Morgan fingerprint density at radius 3 is 2.43 bits per heavy atom. The molecule has 0 aliphatic carbocycles. The number of aryl methyl sites for hydroxylation is 2. The van der Waals surface area contributed by atoms with Crippen LogP contribution in [0, 0.1) is 19.3 Å². The molecule has 158 valence electrons. The van der Waals surface area contributed by atoms with Gasteiger partial charge in [0.1, 0.15) is 5.82 Å². The highest BCUT2D eigenvalue weighted by molar-refractivity contribution is 5.79. The number of para-hydroxylation sites is 1. The van der Waals surface area contributed by atoms with Crippen LogP contribution < -0.4 is 5.56 Å². The van der Waals surface area contributed by atoms with Crippen LogP contribution in [0.15, 0.2) is 47.3 Å². The van der Waals surface area contributed by atoms with Gasteiger partial charge >= 0.3 is 0 Å². The molecule has 2 aromatic carbocycles. The first-order valence-corrected chi connectivity index (χ1v) is 10.3. The van der Waals surface area contributed by atoms with Gasteiger partial charge in [0.15, 0.2) is 0 Å². The van der Waals surface area contributed by atoms with E-state index in [2.05, 4.69) is 6.07 Å². The van der Waals surface area contributed by atoms with Gasteiger partial charge in [-0.3, -0.25) is 14.2 Å². The third-order valence-electron chi connectivity index (χ3n) is 5.42. The molecule has 30 heavy (non-hydrogen) atoms. The van der Waals surface area contributed by atoms with Gasteiger partial charge in [0.25, 0.3) is 5.56 Å². The molecule has 1 unspecified atom stereocenters. The van der Waals surface area contributed by atoms with Crippen molar-refractivity contribution >= 4 is 16.8 Å². The lowest BCUT2D eigenvalue weighted by Crippen LogP contribution is -2.36. The summed E-state index contributed by atoms with van der Waals surface area (Å²) in [6, 6.07) is 13.0. The van der Waals surface area contributed by atoms with Crippen LogP contribution in [0.3, 0.4) is 0 Å². The summed E-state index contributed by atoms with van der Waals surface area (Å²) in [5, 5.41) is 0.567. The van der Waals surface area contributed by atoms with Gasteiger partial charge in [0, 0.05) is 13.5 Å². The van der Waals surface area contributed by atoms with Crippen molar-refractivity contribution < 1.29 is 4.79 Å². The molecule has 1 aromatic heterocycles. The Bertz CT molecular complexity index is 1160.